The van der Waals surface area contributed by atoms with Crippen molar-refractivity contribution < 1.29 is 4.79 Å². The van der Waals surface area contributed by atoms with Gasteiger partial charge in [-0.3, -0.25) is 4.79 Å². The van der Waals surface area contributed by atoms with Crippen molar-refractivity contribution in [2.45, 2.75) is 66.7 Å². The van der Waals surface area contributed by atoms with Crippen molar-refractivity contribution in [1.29, 1.82) is 0 Å². The zero-order chi connectivity index (χ0) is 14.8. The van der Waals surface area contributed by atoms with Crippen molar-refractivity contribution in [3.63, 3.8) is 0 Å². The van der Waals surface area contributed by atoms with Gasteiger partial charge in [0.1, 0.15) is 0 Å². The second kappa shape index (κ2) is 10.1. The van der Waals surface area contributed by atoms with Crippen molar-refractivity contribution in [2.75, 3.05) is 6.54 Å². The minimum absolute atomic E-state index is 0.0115. The molecule has 0 heterocycles. The third kappa shape index (κ3) is 10.8. The Morgan fingerprint density at radius 2 is 1.68 bits per heavy atom. The summed E-state index contributed by atoms with van der Waals surface area (Å²) in [7, 11) is 0. The normalized spacial score (nSPS) is 12.8. The SMILES string of the molecule is C=C(C)C(=O)NCCCC(CCC(C)C)CC(C)C. The smallest absolute Gasteiger partial charge is 0.246 e. The molecule has 1 unspecified atom stereocenters. The van der Waals surface area contributed by atoms with Crippen molar-refractivity contribution in [1.82, 2.24) is 5.32 Å². The van der Waals surface area contributed by atoms with Crippen molar-refractivity contribution in [3.05, 3.63) is 12.2 Å². The molecule has 2 nitrogen and oxygen atoms in total. The van der Waals surface area contributed by atoms with Crippen LogP contribution in [-0.2, 0) is 4.79 Å². The Morgan fingerprint density at radius 1 is 1.05 bits per heavy atom. The highest BCUT2D eigenvalue weighted by Gasteiger charge is 2.12. The van der Waals surface area contributed by atoms with E-state index in [0.29, 0.717) is 5.57 Å². The van der Waals surface area contributed by atoms with Gasteiger partial charge in [0.2, 0.25) is 5.91 Å². The Morgan fingerprint density at radius 3 is 2.16 bits per heavy atom. The van der Waals surface area contributed by atoms with Gasteiger partial charge >= 0.3 is 0 Å². The fraction of sp³-hybridized carbons (Fsp3) is 0.824. The van der Waals surface area contributed by atoms with Gasteiger partial charge in [0.25, 0.3) is 0 Å². The maximum Gasteiger partial charge on any atom is 0.246 e. The van der Waals surface area contributed by atoms with Crippen molar-refractivity contribution >= 4 is 5.91 Å². The lowest BCUT2D eigenvalue weighted by Gasteiger charge is -2.20. The van der Waals surface area contributed by atoms with Gasteiger partial charge < -0.3 is 5.32 Å². The molecule has 19 heavy (non-hydrogen) atoms. The van der Waals surface area contributed by atoms with Crippen LogP contribution in [0.2, 0.25) is 0 Å². The van der Waals surface area contributed by atoms with E-state index >= 15 is 0 Å². The molecular weight excluding hydrogens is 234 g/mol. The Hall–Kier alpha value is -0.790. The first-order chi connectivity index (χ1) is 8.82. The lowest BCUT2D eigenvalue weighted by molar-refractivity contribution is -0.117. The maximum absolute atomic E-state index is 11.4. The van der Waals surface area contributed by atoms with E-state index in [1.165, 1.54) is 25.7 Å². The lowest BCUT2D eigenvalue weighted by atomic mass is 9.87. The molecule has 1 atom stereocenters. The van der Waals surface area contributed by atoms with E-state index < -0.39 is 0 Å². The molecule has 1 amide bonds. The van der Waals surface area contributed by atoms with Gasteiger partial charge in [-0.15, -0.1) is 0 Å². The number of amides is 1. The molecule has 0 aliphatic rings. The minimum Gasteiger partial charge on any atom is -0.352 e. The minimum atomic E-state index is -0.0115. The maximum atomic E-state index is 11.4. The average molecular weight is 267 g/mol. The fourth-order valence-electron chi connectivity index (χ4n) is 2.36. The van der Waals surface area contributed by atoms with Crippen molar-refractivity contribution in [2.24, 2.45) is 17.8 Å². The summed E-state index contributed by atoms with van der Waals surface area (Å²) in [6.07, 6.45) is 6.25. The average Bonchev–Trinajstić information content (AvgIpc) is 2.29. The highest BCUT2D eigenvalue weighted by atomic mass is 16.1. The molecule has 0 bridgehead atoms. The highest BCUT2D eigenvalue weighted by molar-refractivity contribution is 5.91. The van der Waals surface area contributed by atoms with E-state index in [-0.39, 0.29) is 5.91 Å². The molecular formula is C17H33NO. The predicted molar refractivity (Wildman–Crippen MR) is 84.1 cm³/mol. The number of hydrogen-bond acceptors (Lipinski definition) is 1. The molecule has 112 valence electrons. The zero-order valence-electron chi connectivity index (χ0n) is 13.6. The summed E-state index contributed by atoms with van der Waals surface area (Å²) in [5.74, 6) is 2.35. The van der Waals surface area contributed by atoms with E-state index in [1.54, 1.807) is 6.92 Å². The van der Waals surface area contributed by atoms with Gasteiger partial charge in [-0.25, -0.2) is 0 Å². The highest BCUT2D eigenvalue weighted by Crippen LogP contribution is 2.24. The summed E-state index contributed by atoms with van der Waals surface area (Å²) >= 11 is 0. The molecule has 1 N–H and O–H groups in total. The van der Waals surface area contributed by atoms with Crippen LogP contribution in [0, 0.1) is 17.8 Å². The van der Waals surface area contributed by atoms with Crippen LogP contribution < -0.4 is 5.32 Å². The van der Waals surface area contributed by atoms with E-state index in [0.717, 1.165) is 30.7 Å². The Kier molecular flexibility index (Phi) is 9.63. The fourth-order valence-corrected chi connectivity index (χ4v) is 2.36. The third-order valence-electron chi connectivity index (χ3n) is 3.42. The number of nitrogens with one attached hydrogen (secondary N) is 1. The second-order valence-corrected chi connectivity index (χ2v) is 6.65. The van der Waals surface area contributed by atoms with Crippen molar-refractivity contribution in [3.8, 4) is 0 Å². The molecule has 0 aliphatic heterocycles. The van der Waals surface area contributed by atoms with Gasteiger partial charge in [-0.1, -0.05) is 47.1 Å². The molecule has 0 fully saturated rings. The van der Waals surface area contributed by atoms with Gasteiger partial charge in [-0.2, -0.15) is 0 Å². The third-order valence-corrected chi connectivity index (χ3v) is 3.42. The van der Waals surface area contributed by atoms with Crippen LogP contribution in [-0.4, -0.2) is 12.5 Å². The first kappa shape index (κ1) is 18.2. The summed E-state index contributed by atoms with van der Waals surface area (Å²) in [6, 6.07) is 0. The largest absolute Gasteiger partial charge is 0.352 e. The summed E-state index contributed by atoms with van der Waals surface area (Å²) in [6.45, 7) is 15.4. The Bertz CT molecular complexity index is 268. The predicted octanol–water partition coefficient (Wildman–Crippen LogP) is 4.56. The molecule has 0 rings (SSSR count). The zero-order valence-corrected chi connectivity index (χ0v) is 13.6. The molecule has 2 heteroatoms. The van der Waals surface area contributed by atoms with Crippen LogP contribution in [0.4, 0.5) is 0 Å². The van der Waals surface area contributed by atoms with Gasteiger partial charge in [0, 0.05) is 12.1 Å². The Labute approximate surface area is 120 Å². The van der Waals surface area contributed by atoms with Crippen LogP contribution >= 0.6 is 0 Å². The number of carbonyl (C=O) groups excluding carboxylic acids is 1. The molecule has 0 radical (unpaired) electrons. The summed E-state index contributed by atoms with van der Waals surface area (Å²) < 4.78 is 0. The van der Waals surface area contributed by atoms with E-state index in [4.69, 9.17) is 0 Å². The Balaban J connectivity index is 3.91. The summed E-state index contributed by atoms with van der Waals surface area (Å²) in [5.41, 5.74) is 0.596. The standard InChI is InChI=1S/C17H33NO/c1-13(2)9-10-16(12-14(3)4)8-7-11-18-17(19)15(5)6/h13-14,16H,5,7-12H2,1-4,6H3,(H,18,19). The topological polar surface area (TPSA) is 29.1 Å². The molecule has 0 aromatic rings. The summed E-state index contributed by atoms with van der Waals surface area (Å²) in [5, 5.41) is 2.92. The van der Waals surface area contributed by atoms with E-state index in [1.807, 2.05) is 0 Å². The second-order valence-electron chi connectivity index (χ2n) is 6.65. The molecule has 0 saturated carbocycles. The first-order valence-electron chi connectivity index (χ1n) is 7.76. The molecule has 0 aromatic carbocycles. The van der Waals surface area contributed by atoms with Gasteiger partial charge in [0.15, 0.2) is 0 Å². The van der Waals surface area contributed by atoms with Crippen LogP contribution in [0.5, 0.6) is 0 Å². The van der Waals surface area contributed by atoms with E-state index in [2.05, 4.69) is 39.6 Å². The molecule has 0 aliphatic carbocycles. The van der Waals surface area contributed by atoms with Crippen LogP contribution in [0.1, 0.15) is 66.7 Å². The van der Waals surface area contributed by atoms with Gasteiger partial charge in [-0.05, 0) is 43.9 Å². The van der Waals surface area contributed by atoms with E-state index in [9.17, 15) is 4.79 Å². The number of rotatable bonds is 10. The van der Waals surface area contributed by atoms with Crippen LogP contribution in [0.3, 0.4) is 0 Å². The number of carbonyl (C=O) groups is 1. The molecule has 0 saturated heterocycles. The molecule has 0 spiro atoms. The van der Waals surface area contributed by atoms with Gasteiger partial charge in [0.05, 0.1) is 0 Å². The molecule has 0 aromatic heterocycles. The monoisotopic (exact) mass is 267 g/mol. The summed E-state index contributed by atoms with van der Waals surface area (Å²) in [4.78, 5) is 11.4. The first-order valence-corrected chi connectivity index (χ1v) is 7.76. The van der Waals surface area contributed by atoms with Crippen LogP contribution in [0.25, 0.3) is 0 Å². The lowest BCUT2D eigenvalue weighted by Crippen LogP contribution is -2.25. The number of hydrogen-bond donors (Lipinski definition) is 1. The quantitative estimate of drug-likeness (QED) is 0.456. The van der Waals surface area contributed by atoms with Crippen LogP contribution in [0.15, 0.2) is 12.2 Å².